The van der Waals surface area contributed by atoms with E-state index in [1.807, 2.05) is 0 Å². The number of fused-ring (bicyclic) bond motifs is 1. The van der Waals surface area contributed by atoms with Crippen LogP contribution in [0.5, 0.6) is 5.75 Å². The summed E-state index contributed by atoms with van der Waals surface area (Å²) in [6.45, 7) is 1.22. The molecule has 0 bridgehead atoms. The SMILES string of the molecule is CC(=O)Nc1c(F)cc(F)c2c1OCCC2=O. The quantitative estimate of drug-likeness (QED) is 0.816. The number of rotatable bonds is 1. The van der Waals surface area contributed by atoms with Crippen LogP contribution in [0.2, 0.25) is 0 Å². The lowest BCUT2D eigenvalue weighted by molar-refractivity contribution is -0.114. The minimum Gasteiger partial charge on any atom is -0.490 e. The van der Waals surface area contributed by atoms with Crippen molar-refractivity contribution < 1.29 is 23.1 Å². The van der Waals surface area contributed by atoms with Gasteiger partial charge in [0.1, 0.15) is 11.5 Å². The fourth-order valence-electron chi connectivity index (χ4n) is 1.66. The van der Waals surface area contributed by atoms with Crippen molar-refractivity contribution in [1.29, 1.82) is 0 Å². The molecule has 1 aliphatic rings. The minimum absolute atomic E-state index is 0.0368. The van der Waals surface area contributed by atoms with Crippen LogP contribution in [0.3, 0.4) is 0 Å². The maximum atomic E-state index is 13.5. The molecule has 6 heteroatoms. The zero-order valence-electron chi connectivity index (χ0n) is 8.97. The van der Waals surface area contributed by atoms with Gasteiger partial charge in [0.15, 0.2) is 17.3 Å². The maximum Gasteiger partial charge on any atom is 0.221 e. The Morgan fingerprint density at radius 1 is 1.41 bits per heavy atom. The second-order valence-corrected chi connectivity index (χ2v) is 3.62. The van der Waals surface area contributed by atoms with Crippen molar-refractivity contribution in [1.82, 2.24) is 0 Å². The van der Waals surface area contributed by atoms with Crippen LogP contribution in [0.4, 0.5) is 14.5 Å². The van der Waals surface area contributed by atoms with Gasteiger partial charge in [-0.1, -0.05) is 0 Å². The highest BCUT2D eigenvalue weighted by Crippen LogP contribution is 2.37. The maximum absolute atomic E-state index is 13.5. The summed E-state index contributed by atoms with van der Waals surface area (Å²) in [6, 6.07) is 0.566. The van der Waals surface area contributed by atoms with Crippen LogP contribution in [0.15, 0.2) is 6.07 Å². The van der Waals surface area contributed by atoms with Crippen molar-refractivity contribution in [2.24, 2.45) is 0 Å². The van der Waals surface area contributed by atoms with Crippen molar-refractivity contribution in [3.05, 3.63) is 23.3 Å². The molecule has 1 amide bonds. The van der Waals surface area contributed by atoms with E-state index in [0.717, 1.165) is 0 Å². The van der Waals surface area contributed by atoms with Crippen LogP contribution in [-0.4, -0.2) is 18.3 Å². The summed E-state index contributed by atoms with van der Waals surface area (Å²) < 4.78 is 32.0. The summed E-state index contributed by atoms with van der Waals surface area (Å²) in [6.07, 6.45) is 0.0368. The lowest BCUT2D eigenvalue weighted by Gasteiger charge is -2.20. The van der Waals surface area contributed by atoms with Gasteiger partial charge in [-0.2, -0.15) is 0 Å². The Balaban J connectivity index is 2.63. The average molecular weight is 241 g/mol. The molecule has 1 aromatic carbocycles. The highest BCUT2D eigenvalue weighted by atomic mass is 19.1. The molecule has 0 saturated heterocycles. The molecule has 0 spiro atoms. The van der Waals surface area contributed by atoms with Crippen LogP contribution < -0.4 is 10.1 Å². The largest absolute Gasteiger partial charge is 0.490 e. The Kier molecular flexibility index (Phi) is 2.79. The summed E-state index contributed by atoms with van der Waals surface area (Å²) in [7, 11) is 0. The fraction of sp³-hybridized carbons (Fsp3) is 0.273. The molecule has 90 valence electrons. The first-order valence-corrected chi connectivity index (χ1v) is 4.96. The van der Waals surface area contributed by atoms with Crippen molar-refractivity contribution in [2.45, 2.75) is 13.3 Å². The van der Waals surface area contributed by atoms with Crippen LogP contribution in [-0.2, 0) is 4.79 Å². The molecule has 0 unspecified atom stereocenters. The van der Waals surface area contributed by atoms with Crippen LogP contribution in [0, 0.1) is 11.6 Å². The molecule has 4 nitrogen and oxygen atoms in total. The van der Waals surface area contributed by atoms with Crippen molar-refractivity contribution in [3.8, 4) is 5.75 Å². The van der Waals surface area contributed by atoms with Crippen LogP contribution >= 0.6 is 0 Å². The van der Waals surface area contributed by atoms with Gasteiger partial charge in [-0.05, 0) is 0 Å². The van der Waals surface area contributed by atoms with E-state index < -0.39 is 23.3 Å². The Bertz CT molecular complexity index is 514. The molecular formula is C11H9F2NO3. The predicted octanol–water partition coefficient (Wildman–Crippen LogP) is 1.89. The Morgan fingerprint density at radius 2 is 2.12 bits per heavy atom. The number of amides is 1. The van der Waals surface area contributed by atoms with E-state index >= 15 is 0 Å². The van der Waals surface area contributed by atoms with Gasteiger partial charge in [-0.15, -0.1) is 0 Å². The van der Waals surface area contributed by atoms with E-state index in [9.17, 15) is 18.4 Å². The van der Waals surface area contributed by atoms with E-state index in [1.165, 1.54) is 6.92 Å². The molecule has 0 aliphatic carbocycles. The zero-order valence-corrected chi connectivity index (χ0v) is 8.97. The molecule has 1 aliphatic heterocycles. The second kappa shape index (κ2) is 4.12. The Morgan fingerprint density at radius 3 is 2.76 bits per heavy atom. The standard InChI is InChI=1S/C11H9F2NO3/c1-5(15)14-10-7(13)4-6(12)9-8(16)2-3-17-11(9)10/h4H,2-3H2,1H3,(H,14,15). The van der Waals surface area contributed by atoms with E-state index in [-0.39, 0.29) is 30.0 Å². The van der Waals surface area contributed by atoms with Crippen molar-refractivity contribution in [3.63, 3.8) is 0 Å². The third-order valence-corrected chi connectivity index (χ3v) is 2.34. The molecule has 1 heterocycles. The minimum atomic E-state index is -0.976. The molecule has 0 atom stereocenters. The molecule has 1 N–H and O–H groups in total. The molecular weight excluding hydrogens is 232 g/mol. The topological polar surface area (TPSA) is 55.4 Å². The number of halogens is 2. The Labute approximate surface area is 95.6 Å². The van der Waals surface area contributed by atoms with Gasteiger partial charge in [0.2, 0.25) is 5.91 Å². The summed E-state index contributed by atoms with van der Waals surface area (Å²) >= 11 is 0. The number of Topliss-reactive ketones (excluding diaryl/α,β-unsaturated/α-hetero) is 1. The predicted molar refractivity (Wildman–Crippen MR) is 55.1 cm³/mol. The van der Waals surface area contributed by atoms with Gasteiger partial charge < -0.3 is 10.1 Å². The van der Waals surface area contributed by atoms with Gasteiger partial charge in [0, 0.05) is 19.4 Å². The number of hydrogen-bond donors (Lipinski definition) is 1. The number of carbonyl (C=O) groups is 2. The normalized spacial score (nSPS) is 13.9. The van der Waals surface area contributed by atoms with E-state index in [1.54, 1.807) is 0 Å². The fourth-order valence-corrected chi connectivity index (χ4v) is 1.66. The summed E-state index contributed by atoms with van der Waals surface area (Å²) in [5.41, 5.74) is -0.594. The average Bonchev–Trinajstić information content (AvgIpc) is 2.23. The van der Waals surface area contributed by atoms with E-state index in [0.29, 0.717) is 6.07 Å². The first-order chi connectivity index (χ1) is 8.00. The number of anilines is 1. The number of ether oxygens (including phenoxy) is 1. The van der Waals surface area contributed by atoms with Crippen molar-refractivity contribution in [2.75, 3.05) is 11.9 Å². The van der Waals surface area contributed by atoms with Gasteiger partial charge >= 0.3 is 0 Å². The Hall–Kier alpha value is -1.98. The molecule has 0 fully saturated rings. The number of nitrogens with one attached hydrogen (secondary N) is 1. The highest BCUT2D eigenvalue weighted by molar-refractivity contribution is 6.03. The van der Waals surface area contributed by atoms with Crippen LogP contribution in [0.1, 0.15) is 23.7 Å². The molecule has 1 aromatic rings. The van der Waals surface area contributed by atoms with E-state index in [2.05, 4.69) is 5.32 Å². The third-order valence-electron chi connectivity index (χ3n) is 2.34. The van der Waals surface area contributed by atoms with Gasteiger partial charge in [-0.3, -0.25) is 9.59 Å². The third kappa shape index (κ3) is 1.98. The lowest BCUT2D eigenvalue weighted by atomic mass is 10.0. The monoisotopic (exact) mass is 241 g/mol. The summed E-state index contributed by atoms with van der Waals surface area (Å²) in [4.78, 5) is 22.4. The van der Waals surface area contributed by atoms with Gasteiger partial charge in [0.05, 0.1) is 12.2 Å². The smallest absolute Gasteiger partial charge is 0.221 e. The first-order valence-electron chi connectivity index (χ1n) is 4.96. The summed E-state index contributed by atoms with van der Waals surface area (Å²) in [5, 5.41) is 2.19. The van der Waals surface area contributed by atoms with Gasteiger partial charge in [-0.25, -0.2) is 8.78 Å². The first kappa shape index (κ1) is 11.5. The molecule has 0 saturated carbocycles. The zero-order chi connectivity index (χ0) is 12.6. The van der Waals surface area contributed by atoms with Crippen LogP contribution in [0.25, 0.3) is 0 Å². The van der Waals surface area contributed by atoms with Crippen molar-refractivity contribution >= 4 is 17.4 Å². The molecule has 2 rings (SSSR count). The number of benzene rings is 1. The lowest BCUT2D eigenvalue weighted by Crippen LogP contribution is -2.20. The molecule has 17 heavy (non-hydrogen) atoms. The second-order valence-electron chi connectivity index (χ2n) is 3.62. The molecule has 0 aromatic heterocycles. The van der Waals surface area contributed by atoms with Gasteiger partial charge in [0.25, 0.3) is 0 Å². The number of ketones is 1. The number of carbonyl (C=O) groups excluding carboxylic acids is 2. The number of hydrogen-bond acceptors (Lipinski definition) is 3. The highest BCUT2D eigenvalue weighted by Gasteiger charge is 2.28. The molecule has 0 radical (unpaired) electrons. The van der Waals surface area contributed by atoms with E-state index in [4.69, 9.17) is 4.74 Å². The summed E-state index contributed by atoms with van der Waals surface area (Å²) in [5.74, 6) is -3.16.